The average Bonchev–Trinajstić information content (AvgIpc) is 2.68. The molecule has 2 rings (SSSR count). The second-order valence-corrected chi connectivity index (χ2v) is 4.03. The Balaban J connectivity index is 0.00000162. The molecule has 1 aliphatic heterocycles. The number of aromatic nitrogens is 1. The Bertz CT molecular complexity index is 406. The first-order valence-corrected chi connectivity index (χ1v) is 5.36. The van der Waals surface area contributed by atoms with Crippen LogP contribution in [0.3, 0.4) is 0 Å². The minimum absolute atomic E-state index is 0. The van der Waals surface area contributed by atoms with E-state index in [-0.39, 0.29) is 31.4 Å². The van der Waals surface area contributed by atoms with Gasteiger partial charge in [-0.1, -0.05) is 6.07 Å². The normalized spacial score (nSPS) is 20.0. The molecule has 4 nitrogen and oxygen atoms in total. The van der Waals surface area contributed by atoms with Crippen molar-refractivity contribution in [3.63, 3.8) is 0 Å². The van der Waals surface area contributed by atoms with Gasteiger partial charge in [-0.05, 0) is 12.1 Å². The number of carbonyl (C=O) groups is 1. The molecule has 1 atom stereocenters. The number of carbonyl (C=O) groups excluding carboxylic acids is 1. The Hall–Kier alpha value is -0.980. The van der Waals surface area contributed by atoms with E-state index in [1.807, 2.05) is 0 Å². The SMILES string of the molecule is Cl.Cl.O=C(NCc1ccccn1)C1CC(F)(F)CN1. The molecular formula is C11H15Cl2F2N3O. The third kappa shape index (κ3) is 5.26. The van der Waals surface area contributed by atoms with E-state index >= 15 is 0 Å². The van der Waals surface area contributed by atoms with Gasteiger partial charge in [-0.2, -0.15) is 0 Å². The van der Waals surface area contributed by atoms with Crippen LogP contribution in [-0.4, -0.2) is 29.4 Å². The minimum atomic E-state index is -2.78. The zero-order valence-electron chi connectivity index (χ0n) is 9.94. The number of alkyl halides is 2. The van der Waals surface area contributed by atoms with Gasteiger partial charge in [-0.15, -0.1) is 24.8 Å². The number of hydrogen-bond acceptors (Lipinski definition) is 3. The third-order valence-electron chi connectivity index (χ3n) is 2.60. The number of halogens is 4. The maximum atomic E-state index is 12.9. The number of nitrogens with one attached hydrogen (secondary N) is 2. The molecule has 1 aliphatic rings. The van der Waals surface area contributed by atoms with Crippen LogP contribution in [0.1, 0.15) is 12.1 Å². The largest absolute Gasteiger partial charge is 0.349 e. The van der Waals surface area contributed by atoms with Crippen LogP contribution in [0.25, 0.3) is 0 Å². The molecule has 1 aromatic heterocycles. The zero-order valence-corrected chi connectivity index (χ0v) is 11.6. The van der Waals surface area contributed by atoms with Crippen molar-refractivity contribution in [3.8, 4) is 0 Å². The third-order valence-corrected chi connectivity index (χ3v) is 2.60. The summed E-state index contributed by atoms with van der Waals surface area (Å²) in [6.07, 6.45) is 1.17. The van der Waals surface area contributed by atoms with Gasteiger partial charge < -0.3 is 5.32 Å². The van der Waals surface area contributed by atoms with Crippen molar-refractivity contribution >= 4 is 30.7 Å². The molecule has 19 heavy (non-hydrogen) atoms. The number of amides is 1. The summed E-state index contributed by atoms with van der Waals surface area (Å²) in [4.78, 5) is 15.6. The Labute approximate surface area is 122 Å². The lowest BCUT2D eigenvalue weighted by atomic mass is 10.2. The second kappa shape index (κ2) is 7.57. The molecule has 1 unspecified atom stereocenters. The average molecular weight is 314 g/mol. The van der Waals surface area contributed by atoms with Crippen molar-refractivity contribution in [1.82, 2.24) is 15.6 Å². The van der Waals surface area contributed by atoms with Gasteiger partial charge in [0.25, 0.3) is 5.92 Å². The number of nitrogens with zero attached hydrogens (tertiary/aromatic N) is 1. The molecule has 0 radical (unpaired) electrons. The highest BCUT2D eigenvalue weighted by molar-refractivity contribution is 5.85. The van der Waals surface area contributed by atoms with E-state index in [0.717, 1.165) is 0 Å². The van der Waals surface area contributed by atoms with Crippen molar-refractivity contribution in [1.29, 1.82) is 0 Å². The molecule has 8 heteroatoms. The smallest absolute Gasteiger partial charge is 0.262 e. The molecule has 2 N–H and O–H groups in total. The van der Waals surface area contributed by atoms with Crippen LogP contribution in [0, 0.1) is 0 Å². The number of hydrogen-bond donors (Lipinski definition) is 2. The summed E-state index contributed by atoms with van der Waals surface area (Å²) in [5.41, 5.74) is 0.700. The van der Waals surface area contributed by atoms with Crippen LogP contribution >= 0.6 is 24.8 Å². The molecule has 0 aromatic carbocycles. The standard InChI is InChI=1S/C11H13F2N3O.2ClH/c12-11(13)5-9(16-7-11)10(17)15-6-8-3-1-2-4-14-8;;/h1-4,9,16H,5-7H2,(H,15,17);2*1H. The van der Waals surface area contributed by atoms with Gasteiger partial charge in [-0.3, -0.25) is 15.1 Å². The maximum Gasteiger partial charge on any atom is 0.262 e. The van der Waals surface area contributed by atoms with E-state index in [4.69, 9.17) is 0 Å². The van der Waals surface area contributed by atoms with E-state index in [1.54, 1.807) is 24.4 Å². The van der Waals surface area contributed by atoms with Gasteiger partial charge >= 0.3 is 0 Å². The van der Waals surface area contributed by atoms with Crippen LogP contribution in [0.15, 0.2) is 24.4 Å². The lowest BCUT2D eigenvalue weighted by molar-refractivity contribution is -0.123. The lowest BCUT2D eigenvalue weighted by Crippen LogP contribution is -2.40. The molecule has 2 heterocycles. The summed E-state index contributed by atoms with van der Waals surface area (Å²) in [6.45, 7) is -0.182. The van der Waals surface area contributed by atoms with E-state index in [0.29, 0.717) is 5.69 Å². The van der Waals surface area contributed by atoms with Crippen molar-refractivity contribution in [3.05, 3.63) is 30.1 Å². The van der Waals surface area contributed by atoms with E-state index in [1.165, 1.54) is 0 Å². The fourth-order valence-corrected chi connectivity index (χ4v) is 1.70. The Morgan fingerprint density at radius 3 is 2.74 bits per heavy atom. The first-order valence-electron chi connectivity index (χ1n) is 5.36. The summed E-state index contributed by atoms with van der Waals surface area (Å²) in [7, 11) is 0. The Kier molecular flexibility index (Phi) is 7.18. The van der Waals surface area contributed by atoms with Gasteiger partial charge in [-0.25, -0.2) is 8.78 Å². The summed E-state index contributed by atoms with van der Waals surface area (Å²) >= 11 is 0. The fraction of sp³-hybridized carbons (Fsp3) is 0.455. The molecule has 0 saturated carbocycles. The minimum Gasteiger partial charge on any atom is -0.349 e. The summed E-state index contributed by atoms with van der Waals surface area (Å²) in [5.74, 6) is -3.19. The highest BCUT2D eigenvalue weighted by Gasteiger charge is 2.42. The molecular weight excluding hydrogens is 299 g/mol. The van der Waals surface area contributed by atoms with Crippen LogP contribution in [0.5, 0.6) is 0 Å². The zero-order chi connectivity index (χ0) is 12.3. The lowest BCUT2D eigenvalue weighted by Gasteiger charge is -2.10. The van der Waals surface area contributed by atoms with Gasteiger partial charge in [0.2, 0.25) is 5.91 Å². The van der Waals surface area contributed by atoms with Crippen LogP contribution < -0.4 is 10.6 Å². The highest BCUT2D eigenvalue weighted by atomic mass is 35.5. The van der Waals surface area contributed by atoms with Crippen LogP contribution in [0.4, 0.5) is 8.78 Å². The van der Waals surface area contributed by atoms with Crippen molar-refractivity contribution in [2.75, 3.05) is 6.54 Å². The Morgan fingerprint density at radius 1 is 1.47 bits per heavy atom. The predicted octanol–water partition coefficient (Wildman–Crippen LogP) is 1.54. The predicted molar refractivity (Wildman–Crippen MR) is 71.9 cm³/mol. The van der Waals surface area contributed by atoms with Gasteiger partial charge in [0.15, 0.2) is 0 Å². The molecule has 1 saturated heterocycles. The van der Waals surface area contributed by atoms with E-state index in [9.17, 15) is 13.6 Å². The molecule has 1 amide bonds. The maximum absolute atomic E-state index is 12.9. The first kappa shape index (κ1) is 18.0. The van der Waals surface area contributed by atoms with E-state index in [2.05, 4.69) is 15.6 Å². The summed E-state index contributed by atoms with van der Waals surface area (Å²) < 4.78 is 25.7. The molecule has 0 bridgehead atoms. The fourth-order valence-electron chi connectivity index (χ4n) is 1.70. The van der Waals surface area contributed by atoms with E-state index < -0.39 is 30.8 Å². The summed E-state index contributed by atoms with van der Waals surface area (Å²) in [5, 5.41) is 5.08. The van der Waals surface area contributed by atoms with Crippen molar-refractivity contribution in [2.24, 2.45) is 0 Å². The first-order chi connectivity index (χ1) is 8.07. The number of rotatable bonds is 3. The number of pyridine rings is 1. The molecule has 1 fully saturated rings. The second-order valence-electron chi connectivity index (χ2n) is 4.03. The van der Waals surface area contributed by atoms with Crippen LogP contribution in [-0.2, 0) is 11.3 Å². The van der Waals surface area contributed by atoms with Gasteiger partial charge in [0.05, 0.1) is 24.8 Å². The molecule has 0 aliphatic carbocycles. The molecule has 108 valence electrons. The Morgan fingerprint density at radius 2 is 2.21 bits per heavy atom. The molecule has 1 aromatic rings. The topological polar surface area (TPSA) is 54.0 Å². The monoisotopic (exact) mass is 313 g/mol. The van der Waals surface area contributed by atoms with Crippen LogP contribution in [0.2, 0.25) is 0 Å². The van der Waals surface area contributed by atoms with Crippen molar-refractivity contribution < 1.29 is 13.6 Å². The van der Waals surface area contributed by atoms with Gasteiger partial charge in [0.1, 0.15) is 0 Å². The highest BCUT2D eigenvalue weighted by Crippen LogP contribution is 2.24. The molecule has 0 spiro atoms. The van der Waals surface area contributed by atoms with Crippen molar-refractivity contribution in [2.45, 2.75) is 24.9 Å². The summed E-state index contributed by atoms with van der Waals surface area (Å²) in [6, 6.07) is 4.52. The van der Waals surface area contributed by atoms with Gasteiger partial charge in [0, 0.05) is 12.6 Å². The quantitative estimate of drug-likeness (QED) is 0.890.